The lowest BCUT2D eigenvalue weighted by atomic mass is 10.0. The molecule has 0 aromatic carbocycles. The van der Waals surface area contributed by atoms with Crippen molar-refractivity contribution in [2.45, 2.75) is 56.9 Å². The molecular weight excluding hydrogens is 664 g/mol. The van der Waals surface area contributed by atoms with E-state index in [9.17, 15) is 24.3 Å². The van der Waals surface area contributed by atoms with Crippen LogP contribution in [0, 0.1) is 0 Å². The van der Waals surface area contributed by atoms with E-state index >= 15 is 0 Å². The molecule has 3 aromatic heterocycles. The van der Waals surface area contributed by atoms with Crippen LogP contribution in [0.4, 0.5) is 11.1 Å². The van der Waals surface area contributed by atoms with E-state index in [-0.39, 0.29) is 45.1 Å². The van der Waals surface area contributed by atoms with E-state index in [1.807, 2.05) is 17.6 Å². The summed E-state index contributed by atoms with van der Waals surface area (Å²) in [7, 11) is 0. The molecule has 1 fully saturated rings. The van der Waals surface area contributed by atoms with Gasteiger partial charge in [0.1, 0.15) is 33.5 Å². The number of nitrogens with one attached hydrogen (secondary N) is 1. The molecule has 0 bridgehead atoms. The maximum atomic E-state index is 13.3. The van der Waals surface area contributed by atoms with Crippen molar-refractivity contribution in [2.75, 3.05) is 17.2 Å². The molecule has 4 atom stereocenters. The van der Waals surface area contributed by atoms with Gasteiger partial charge in [0, 0.05) is 23.9 Å². The van der Waals surface area contributed by atoms with E-state index in [2.05, 4.69) is 20.4 Å². The number of fused-ring (bicyclic) bond motifs is 2. The SMILES string of the molecule is C[C@H](N)CCn1c(N)nc2c1ccc[n+]2CC1=C(C(=O)[O-])N2C(=O)C(NC(=O)/C(=N\O[C@@H](C)C(=O)O)c3nc(N)sc3Cl)C2SC1. The summed E-state index contributed by atoms with van der Waals surface area (Å²) in [6.45, 7) is 3.70. The van der Waals surface area contributed by atoms with Gasteiger partial charge < -0.3 is 42.4 Å². The van der Waals surface area contributed by atoms with Gasteiger partial charge >= 0.3 is 17.6 Å². The molecule has 5 rings (SSSR count). The van der Waals surface area contributed by atoms with Crippen LogP contribution in [-0.2, 0) is 37.1 Å². The van der Waals surface area contributed by atoms with Crippen LogP contribution >= 0.6 is 34.7 Å². The topological polar surface area (TPSA) is 261 Å². The second-order valence-electron chi connectivity index (χ2n) is 10.5. The molecule has 46 heavy (non-hydrogen) atoms. The van der Waals surface area contributed by atoms with E-state index in [1.165, 1.54) is 18.7 Å². The maximum absolute atomic E-state index is 13.3. The Balaban J connectivity index is 1.39. The van der Waals surface area contributed by atoms with Crippen LogP contribution in [0.3, 0.4) is 0 Å². The van der Waals surface area contributed by atoms with Crippen molar-refractivity contribution in [3.05, 3.63) is 39.6 Å². The summed E-state index contributed by atoms with van der Waals surface area (Å²) >= 11 is 8.24. The van der Waals surface area contributed by atoms with Crippen LogP contribution in [0.5, 0.6) is 0 Å². The summed E-state index contributed by atoms with van der Waals surface area (Å²) in [6.07, 6.45) is 0.974. The number of aryl methyl sites for hydroxylation is 1. The molecule has 5 heterocycles. The molecule has 17 nitrogen and oxygen atoms in total. The van der Waals surface area contributed by atoms with E-state index in [0.717, 1.165) is 21.8 Å². The standard InChI is InChI=1S/C26H29ClN10O7S2/c1-10(28)5-7-36-13-4-3-6-35(19(13)33-25(36)29)8-12-9-45-22-16(21(39)37(22)17(12)24(42)43)31-20(38)15(34-44-11(2)23(40)41)14-18(27)46-26(30)32-14/h3-4,6,10-11,16,22,29H,5,7-9,28H2,1-2H3,(H5,30,31,32,38,40,41,42,43)/b34-15-/t10-,11-,16?,22?/m0/s1. The Hall–Kier alpha value is -4.46. The van der Waals surface area contributed by atoms with Gasteiger partial charge in [-0.1, -0.05) is 28.1 Å². The zero-order valence-corrected chi connectivity index (χ0v) is 26.8. The van der Waals surface area contributed by atoms with Gasteiger partial charge in [0.2, 0.25) is 6.10 Å². The molecule has 1 saturated heterocycles. The number of anilines is 2. The van der Waals surface area contributed by atoms with Crippen LogP contribution in [0.1, 0.15) is 26.0 Å². The number of aromatic nitrogens is 4. The number of carbonyl (C=O) groups is 4. The number of β-lactam (4-membered cyclic amide) rings is 1. The molecule has 2 aliphatic heterocycles. The zero-order chi connectivity index (χ0) is 33.4. The number of carboxylic acids is 2. The van der Waals surface area contributed by atoms with Gasteiger partial charge in [-0.25, -0.2) is 14.3 Å². The summed E-state index contributed by atoms with van der Waals surface area (Å²) in [5, 5.41) is 26.9. The van der Waals surface area contributed by atoms with Crippen molar-refractivity contribution in [1.82, 2.24) is 24.8 Å². The lowest BCUT2D eigenvalue weighted by Gasteiger charge is -2.50. The fraction of sp³-hybridized carbons (Fsp3) is 0.385. The highest BCUT2D eigenvalue weighted by atomic mass is 35.5. The number of thiazole rings is 1. The third kappa shape index (κ3) is 6.30. The highest BCUT2D eigenvalue weighted by Crippen LogP contribution is 2.40. The lowest BCUT2D eigenvalue weighted by Crippen LogP contribution is -2.71. The number of carbonyl (C=O) groups excluding carboxylic acids is 3. The number of nitrogens with zero attached hydrogens (tertiary/aromatic N) is 6. The normalized spacial score (nSPS) is 19.4. The van der Waals surface area contributed by atoms with Crippen molar-refractivity contribution in [1.29, 1.82) is 0 Å². The Morgan fingerprint density at radius 3 is 2.70 bits per heavy atom. The quantitative estimate of drug-likeness (QED) is 0.0636. The number of nitrogen functional groups attached to an aromatic ring is 2. The van der Waals surface area contributed by atoms with Crippen molar-refractivity contribution in [3.8, 4) is 0 Å². The first-order valence-electron chi connectivity index (χ1n) is 13.8. The van der Waals surface area contributed by atoms with Gasteiger partial charge in [-0.2, -0.15) is 0 Å². The minimum Gasteiger partial charge on any atom is -0.543 e. The van der Waals surface area contributed by atoms with Gasteiger partial charge in [-0.05, 0) is 37.4 Å². The fourth-order valence-electron chi connectivity index (χ4n) is 4.89. The monoisotopic (exact) mass is 692 g/mol. The lowest BCUT2D eigenvalue weighted by molar-refractivity contribution is -0.664. The molecule has 0 aliphatic carbocycles. The first-order valence-corrected chi connectivity index (χ1v) is 16.0. The van der Waals surface area contributed by atoms with Gasteiger partial charge in [0.25, 0.3) is 11.8 Å². The Morgan fingerprint density at radius 1 is 1.33 bits per heavy atom. The van der Waals surface area contributed by atoms with Crippen molar-refractivity contribution < 1.29 is 38.8 Å². The number of nitrogens with two attached hydrogens (primary N) is 3. The van der Waals surface area contributed by atoms with E-state index in [0.29, 0.717) is 24.2 Å². The smallest absolute Gasteiger partial charge is 0.351 e. The molecule has 8 N–H and O–H groups in total. The molecule has 0 saturated carbocycles. The first-order chi connectivity index (χ1) is 21.8. The van der Waals surface area contributed by atoms with E-state index < -0.39 is 47.0 Å². The number of imidazole rings is 1. The number of carboxylic acid groups (broad SMARTS) is 2. The summed E-state index contributed by atoms with van der Waals surface area (Å²) in [6, 6.07) is 2.42. The molecule has 2 unspecified atom stereocenters. The number of rotatable bonds is 12. The highest BCUT2D eigenvalue weighted by Gasteiger charge is 2.53. The number of amides is 2. The predicted octanol–water partition coefficient (Wildman–Crippen LogP) is -1.37. The highest BCUT2D eigenvalue weighted by molar-refractivity contribution is 8.00. The summed E-state index contributed by atoms with van der Waals surface area (Å²) < 4.78 is 3.55. The van der Waals surface area contributed by atoms with Crippen LogP contribution in [0.15, 0.2) is 34.8 Å². The Morgan fingerprint density at radius 2 is 2.07 bits per heavy atom. The number of hydrogen-bond acceptors (Lipinski definition) is 14. The van der Waals surface area contributed by atoms with E-state index in [4.69, 9.17) is 38.7 Å². The second kappa shape index (κ2) is 13.1. The molecule has 2 aliphatic rings. The van der Waals surface area contributed by atoms with Crippen molar-refractivity contribution in [3.63, 3.8) is 0 Å². The summed E-state index contributed by atoms with van der Waals surface area (Å²) in [4.78, 5) is 64.7. The van der Waals surface area contributed by atoms with E-state index in [1.54, 1.807) is 16.8 Å². The minimum atomic E-state index is -1.56. The average molecular weight is 693 g/mol. The minimum absolute atomic E-state index is 0.00459. The number of aliphatic carboxylic acids is 2. The van der Waals surface area contributed by atoms with Crippen molar-refractivity contribution in [2.24, 2.45) is 10.9 Å². The largest absolute Gasteiger partial charge is 0.543 e. The molecule has 20 heteroatoms. The second-order valence-corrected chi connectivity index (χ2v) is 13.3. The number of thioether (sulfide) groups is 1. The first kappa shape index (κ1) is 32.9. The van der Waals surface area contributed by atoms with Crippen LogP contribution in [0.25, 0.3) is 11.2 Å². The van der Waals surface area contributed by atoms with Gasteiger partial charge in [0.15, 0.2) is 10.8 Å². The predicted molar refractivity (Wildman–Crippen MR) is 166 cm³/mol. The number of pyridine rings is 1. The average Bonchev–Trinajstić information content (AvgIpc) is 3.51. The van der Waals surface area contributed by atoms with Crippen LogP contribution < -0.4 is 32.2 Å². The number of halogens is 1. The molecule has 3 aromatic rings. The van der Waals surface area contributed by atoms with Crippen LogP contribution in [-0.4, -0.2) is 83.3 Å². The Kier molecular flexibility index (Phi) is 9.38. The molecule has 0 spiro atoms. The van der Waals surface area contributed by atoms with Gasteiger partial charge in [0.05, 0.1) is 17.9 Å². The van der Waals surface area contributed by atoms with Crippen LogP contribution in [0.2, 0.25) is 4.34 Å². The van der Waals surface area contributed by atoms with Gasteiger partial charge in [-0.3, -0.25) is 19.1 Å². The third-order valence-electron chi connectivity index (χ3n) is 7.20. The van der Waals surface area contributed by atoms with Crippen molar-refractivity contribution >= 4 is 86.4 Å². The molecular formula is C26H29ClN10O7S2. The summed E-state index contributed by atoms with van der Waals surface area (Å²) in [5.41, 5.74) is 18.4. The molecule has 2 amide bonds. The third-order valence-corrected chi connectivity index (χ3v) is 9.62. The van der Waals surface area contributed by atoms with Gasteiger partial charge in [-0.15, -0.1) is 11.8 Å². The number of oxime groups is 1. The Bertz CT molecular complexity index is 1810. The summed E-state index contributed by atoms with van der Waals surface area (Å²) in [5.74, 6) is -4.11. The zero-order valence-electron chi connectivity index (χ0n) is 24.4. The maximum Gasteiger partial charge on any atom is 0.351 e. The molecule has 0 radical (unpaired) electrons. The molecule has 244 valence electrons. The Labute approximate surface area is 274 Å². The fourth-order valence-corrected chi connectivity index (χ4v) is 7.15. The number of hydrogen-bond donors (Lipinski definition) is 5.